The van der Waals surface area contributed by atoms with Crippen LogP contribution in [0, 0.1) is 17.8 Å². The first-order chi connectivity index (χ1) is 12.8. The molecule has 2 saturated heterocycles. The Morgan fingerprint density at radius 3 is 2.33 bits per heavy atom. The SMILES string of the molecule is CC1CC(C)CN(C(=O)c2ccccc2NC(=O)N2CCC(C(=O)O)C2)C1. The van der Waals surface area contributed by atoms with Crippen LogP contribution in [0.25, 0.3) is 0 Å². The van der Waals surface area contributed by atoms with Gasteiger partial charge in [0.1, 0.15) is 0 Å². The van der Waals surface area contributed by atoms with Crippen molar-refractivity contribution < 1.29 is 19.5 Å². The molecule has 0 spiro atoms. The second-order valence-electron chi connectivity index (χ2n) is 7.90. The third-order valence-corrected chi connectivity index (χ3v) is 5.38. The predicted molar refractivity (Wildman–Crippen MR) is 102 cm³/mol. The summed E-state index contributed by atoms with van der Waals surface area (Å²) in [6.07, 6.45) is 1.56. The number of carbonyl (C=O) groups is 3. The van der Waals surface area contributed by atoms with Crippen LogP contribution in [-0.2, 0) is 4.79 Å². The van der Waals surface area contributed by atoms with Crippen LogP contribution in [0.4, 0.5) is 10.5 Å². The number of hydrogen-bond donors (Lipinski definition) is 2. The second kappa shape index (κ2) is 7.98. The van der Waals surface area contributed by atoms with Gasteiger partial charge in [0.25, 0.3) is 5.91 Å². The van der Waals surface area contributed by atoms with Gasteiger partial charge in [-0.05, 0) is 36.8 Å². The fraction of sp³-hybridized carbons (Fsp3) is 0.550. The van der Waals surface area contributed by atoms with Gasteiger partial charge in [0.05, 0.1) is 17.2 Å². The summed E-state index contributed by atoms with van der Waals surface area (Å²) in [7, 11) is 0. The molecule has 0 aromatic heterocycles. The minimum absolute atomic E-state index is 0.0749. The number of hydrogen-bond acceptors (Lipinski definition) is 3. The highest BCUT2D eigenvalue weighted by atomic mass is 16.4. The number of rotatable bonds is 3. The number of likely N-dealkylation sites (tertiary alicyclic amines) is 2. The van der Waals surface area contributed by atoms with E-state index in [0.717, 1.165) is 19.5 Å². The number of para-hydroxylation sites is 1. The molecule has 7 heteroatoms. The lowest BCUT2D eigenvalue weighted by atomic mass is 9.91. The fourth-order valence-corrected chi connectivity index (χ4v) is 4.12. The minimum atomic E-state index is -0.880. The second-order valence-corrected chi connectivity index (χ2v) is 7.90. The number of anilines is 1. The zero-order valence-electron chi connectivity index (χ0n) is 15.9. The number of carboxylic acids is 1. The van der Waals surface area contributed by atoms with Crippen LogP contribution in [0.15, 0.2) is 24.3 Å². The number of aliphatic carboxylic acids is 1. The Morgan fingerprint density at radius 1 is 1.04 bits per heavy atom. The van der Waals surface area contributed by atoms with E-state index in [9.17, 15) is 14.4 Å². The van der Waals surface area contributed by atoms with Crippen molar-refractivity contribution in [3.05, 3.63) is 29.8 Å². The Labute approximate surface area is 159 Å². The van der Waals surface area contributed by atoms with E-state index >= 15 is 0 Å². The molecule has 0 saturated carbocycles. The normalized spacial score (nSPS) is 25.3. The van der Waals surface area contributed by atoms with Crippen LogP contribution in [0.5, 0.6) is 0 Å². The molecule has 2 N–H and O–H groups in total. The van der Waals surface area contributed by atoms with Crippen LogP contribution < -0.4 is 5.32 Å². The predicted octanol–water partition coefficient (Wildman–Crippen LogP) is 2.74. The van der Waals surface area contributed by atoms with E-state index in [-0.39, 0.29) is 18.5 Å². The molecule has 7 nitrogen and oxygen atoms in total. The van der Waals surface area contributed by atoms with Gasteiger partial charge in [-0.25, -0.2) is 4.79 Å². The van der Waals surface area contributed by atoms with E-state index in [1.54, 1.807) is 24.3 Å². The highest BCUT2D eigenvalue weighted by Crippen LogP contribution is 2.25. The van der Waals surface area contributed by atoms with E-state index in [0.29, 0.717) is 36.1 Å². The first kappa shape index (κ1) is 19.2. The van der Waals surface area contributed by atoms with Crippen molar-refractivity contribution in [2.24, 2.45) is 17.8 Å². The van der Waals surface area contributed by atoms with E-state index in [2.05, 4.69) is 19.2 Å². The first-order valence-electron chi connectivity index (χ1n) is 9.52. The zero-order valence-corrected chi connectivity index (χ0v) is 15.9. The monoisotopic (exact) mass is 373 g/mol. The number of nitrogens with one attached hydrogen (secondary N) is 1. The van der Waals surface area contributed by atoms with Gasteiger partial charge in [0, 0.05) is 26.2 Å². The van der Waals surface area contributed by atoms with Gasteiger partial charge in [0.2, 0.25) is 0 Å². The molecule has 2 aliphatic heterocycles. The molecule has 2 aliphatic rings. The molecule has 0 radical (unpaired) electrons. The lowest BCUT2D eigenvalue weighted by molar-refractivity contribution is -0.141. The molecular weight excluding hydrogens is 346 g/mol. The topological polar surface area (TPSA) is 90.0 Å². The summed E-state index contributed by atoms with van der Waals surface area (Å²) in [5.41, 5.74) is 0.943. The first-order valence-corrected chi connectivity index (χ1v) is 9.52. The summed E-state index contributed by atoms with van der Waals surface area (Å²) in [5, 5.41) is 11.9. The van der Waals surface area contributed by atoms with Crippen molar-refractivity contribution in [2.45, 2.75) is 26.7 Å². The molecule has 27 heavy (non-hydrogen) atoms. The molecule has 146 valence electrons. The fourth-order valence-electron chi connectivity index (χ4n) is 4.12. The van der Waals surface area contributed by atoms with Gasteiger partial charge < -0.3 is 20.2 Å². The number of benzene rings is 1. The molecule has 0 bridgehead atoms. The van der Waals surface area contributed by atoms with Crippen LogP contribution in [-0.4, -0.2) is 59.0 Å². The lowest BCUT2D eigenvalue weighted by Crippen LogP contribution is -2.43. The molecule has 3 atom stereocenters. The summed E-state index contributed by atoms with van der Waals surface area (Å²) in [4.78, 5) is 40.0. The Kier molecular flexibility index (Phi) is 5.68. The van der Waals surface area contributed by atoms with Gasteiger partial charge in [-0.2, -0.15) is 0 Å². The third-order valence-electron chi connectivity index (χ3n) is 5.38. The number of nitrogens with zero attached hydrogens (tertiary/aromatic N) is 2. The van der Waals surface area contributed by atoms with Gasteiger partial charge in [-0.1, -0.05) is 26.0 Å². The Balaban J connectivity index is 1.71. The van der Waals surface area contributed by atoms with E-state index in [1.807, 2.05) is 4.90 Å². The Hall–Kier alpha value is -2.57. The highest BCUT2D eigenvalue weighted by molar-refractivity contribution is 6.03. The zero-order chi connectivity index (χ0) is 19.6. The molecule has 1 aromatic carbocycles. The van der Waals surface area contributed by atoms with Crippen molar-refractivity contribution in [1.82, 2.24) is 9.80 Å². The molecular formula is C20H27N3O4. The van der Waals surface area contributed by atoms with Gasteiger partial charge >= 0.3 is 12.0 Å². The number of carbonyl (C=O) groups excluding carboxylic acids is 2. The van der Waals surface area contributed by atoms with Crippen LogP contribution >= 0.6 is 0 Å². The van der Waals surface area contributed by atoms with E-state index in [1.165, 1.54) is 4.90 Å². The largest absolute Gasteiger partial charge is 0.481 e. The lowest BCUT2D eigenvalue weighted by Gasteiger charge is -2.35. The summed E-state index contributed by atoms with van der Waals surface area (Å²) < 4.78 is 0. The Bertz CT molecular complexity index is 726. The molecule has 2 heterocycles. The van der Waals surface area contributed by atoms with Crippen LogP contribution in [0.1, 0.15) is 37.0 Å². The molecule has 3 unspecified atom stereocenters. The van der Waals surface area contributed by atoms with Gasteiger partial charge in [-0.3, -0.25) is 9.59 Å². The average molecular weight is 373 g/mol. The number of amides is 3. The molecule has 0 aliphatic carbocycles. The summed E-state index contributed by atoms with van der Waals surface area (Å²) in [6, 6.07) is 6.64. The van der Waals surface area contributed by atoms with Crippen molar-refractivity contribution in [1.29, 1.82) is 0 Å². The summed E-state index contributed by atoms with van der Waals surface area (Å²) in [5.74, 6) is -0.568. The van der Waals surface area contributed by atoms with Gasteiger partial charge in [-0.15, -0.1) is 0 Å². The number of piperidine rings is 1. The summed E-state index contributed by atoms with van der Waals surface area (Å²) >= 11 is 0. The third kappa shape index (κ3) is 4.40. The smallest absolute Gasteiger partial charge is 0.321 e. The van der Waals surface area contributed by atoms with Crippen molar-refractivity contribution in [2.75, 3.05) is 31.5 Å². The highest BCUT2D eigenvalue weighted by Gasteiger charge is 2.32. The maximum absolute atomic E-state index is 13.0. The van der Waals surface area contributed by atoms with Gasteiger partial charge in [0.15, 0.2) is 0 Å². The van der Waals surface area contributed by atoms with Crippen molar-refractivity contribution in [3.63, 3.8) is 0 Å². The number of urea groups is 1. The molecule has 3 amide bonds. The van der Waals surface area contributed by atoms with Crippen molar-refractivity contribution >= 4 is 23.6 Å². The maximum atomic E-state index is 13.0. The number of carboxylic acid groups (broad SMARTS) is 1. The molecule has 2 fully saturated rings. The molecule has 3 rings (SSSR count). The Morgan fingerprint density at radius 2 is 1.70 bits per heavy atom. The average Bonchev–Trinajstić information content (AvgIpc) is 3.11. The quantitative estimate of drug-likeness (QED) is 0.852. The minimum Gasteiger partial charge on any atom is -0.481 e. The van der Waals surface area contributed by atoms with Crippen molar-refractivity contribution in [3.8, 4) is 0 Å². The summed E-state index contributed by atoms with van der Waals surface area (Å²) in [6.45, 7) is 6.33. The maximum Gasteiger partial charge on any atom is 0.321 e. The van der Waals surface area contributed by atoms with Crippen LogP contribution in [0.2, 0.25) is 0 Å². The standard InChI is InChI=1S/C20H27N3O4/c1-13-9-14(2)11-23(10-13)18(24)16-5-3-4-6-17(16)21-20(27)22-8-7-15(12-22)19(25)26/h3-6,13-15H,7-12H2,1-2H3,(H,21,27)(H,25,26). The molecule has 1 aromatic rings. The van der Waals surface area contributed by atoms with E-state index < -0.39 is 11.9 Å². The van der Waals surface area contributed by atoms with Crippen LogP contribution in [0.3, 0.4) is 0 Å². The van der Waals surface area contributed by atoms with E-state index in [4.69, 9.17) is 5.11 Å².